The van der Waals surface area contributed by atoms with Crippen LogP contribution in [0.5, 0.6) is 0 Å². The molecule has 1 atom stereocenters. The average molecular weight is 389 g/mol. The third-order valence-electron chi connectivity index (χ3n) is 8.63. The molecule has 0 aromatic carbocycles. The summed E-state index contributed by atoms with van der Waals surface area (Å²) in [6.45, 7) is 5.22. The standard InChI is InChI=1S/C27H53B/c1-3-27(2,25-21-17-13-9-7-8-10-14-18-22-25)28-26-23-19-15-11-5-4-6-12-16-20-24-26/h25-26,28H,3-24H2,1-2H3. The topological polar surface area (TPSA) is 0 Å². The first kappa shape index (κ1) is 24.3. The molecule has 1 heteroatoms. The van der Waals surface area contributed by atoms with Crippen LogP contribution in [-0.4, -0.2) is 7.28 Å². The highest BCUT2D eigenvalue weighted by Gasteiger charge is 2.35. The number of rotatable bonds is 4. The molecule has 2 rings (SSSR count). The molecule has 0 amide bonds. The molecule has 0 bridgehead atoms. The summed E-state index contributed by atoms with van der Waals surface area (Å²) >= 11 is 0. The van der Waals surface area contributed by atoms with E-state index in [0.29, 0.717) is 5.31 Å². The molecular weight excluding hydrogens is 335 g/mol. The van der Waals surface area contributed by atoms with Crippen LogP contribution in [0.1, 0.15) is 155 Å². The predicted octanol–water partition coefficient (Wildman–Crippen LogP) is 9.64. The van der Waals surface area contributed by atoms with Gasteiger partial charge in [0.25, 0.3) is 0 Å². The molecule has 2 aliphatic rings. The lowest BCUT2D eigenvalue weighted by molar-refractivity contribution is 0.300. The maximum atomic E-state index is 2.70. The molecule has 0 nitrogen and oxygen atoms in total. The van der Waals surface area contributed by atoms with Crippen LogP contribution in [0, 0.1) is 5.92 Å². The lowest BCUT2D eigenvalue weighted by Crippen LogP contribution is -2.29. The highest BCUT2D eigenvalue weighted by atomic mass is 14.3. The Kier molecular flexibility index (Phi) is 13.0. The monoisotopic (exact) mass is 388 g/mol. The van der Waals surface area contributed by atoms with Crippen LogP contribution in [0.25, 0.3) is 0 Å². The predicted molar refractivity (Wildman–Crippen MR) is 130 cm³/mol. The molecule has 0 aromatic heterocycles. The smallest absolute Gasteiger partial charge is 0.0663 e. The van der Waals surface area contributed by atoms with Crippen molar-refractivity contribution < 1.29 is 0 Å². The van der Waals surface area contributed by atoms with Crippen molar-refractivity contribution in [1.82, 2.24) is 0 Å². The summed E-state index contributed by atoms with van der Waals surface area (Å²) in [6.07, 6.45) is 33.0. The molecule has 0 spiro atoms. The molecule has 0 N–H and O–H groups in total. The highest BCUT2D eigenvalue weighted by Crippen LogP contribution is 2.47. The fourth-order valence-electron chi connectivity index (χ4n) is 6.39. The minimum absolute atomic E-state index is 0.607. The van der Waals surface area contributed by atoms with Crippen molar-refractivity contribution >= 4 is 7.28 Å². The normalized spacial score (nSPS) is 26.2. The molecule has 1 unspecified atom stereocenters. The first-order valence-corrected chi connectivity index (χ1v) is 13.7. The van der Waals surface area contributed by atoms with E-state index in [-0.39, 0.29) is 0 Å². The minimum atomic E-state index is 0.607. The molecular formula is C27H53B. The van der Waals surface area contributed by atoms with Crippen LogP contribution in [0.4, 0.5) is 0 Å². The van der Waals surface area contributed by atoms with Gasteiger partial charge in [-0.2, -0.15) is 0 Å². The Labute approximate surface area is 179 Å². The van der Waals surface area contributed by atoms with E-state index in [4.69, 9.17) is 0 Å². The minimum Gasteiger partial charge on any atom is -0.0663 e. The van der Waals surface area contributed by atoms with Crippen LogP contribution in [0.3, 0.4) is 0 Å². The van der Waals surface area contributed by atoms with Gasteiger partial charge in [-0.05, 0) is 5.92 Å². The van der Waals surface area contributed by atoms with Gasteiger partial charge >= 0.3 is 0 Å². The molecule has 164 valence electrons. The van der Waals surface area contributed by atoms with Crippen molar-refractivity contribution in [3.05, 3.63) is 0 Å². The van der Waals surface area contributed by atoms with Gasteiger partial charge in [-0.3, -0.25) is 0 Å². The highest BCUT2D eigenvalue weighted by molar-refractivity contribution is 6.42. The van der Waals surface area contributed by atoms with Crippen molar-refractivity contribution in [3.8, 4) is 0 Å². The Morgan fingerprint density at radius 2 is 0.857 bits per heavy atom. The summed E-state index contributed by atoms with van der Waals surface area (Å²) in [4.78, 5) is 0. The van der Waals surface area contributed by atoms with Crippen LogP contribution >= 0.6 is 0 Å². The second kappa shape index (κ2) is 15.0. The van der Waals surface area contributed by atoms with E-state index in [1.165, 1.54) is 149 Å². The van der Waals surface area contributed by atoms with Gasteiger partial charge in [-0.1, -0.05) is 166 Å². The first-order chi connectivity index (χ1) is 13.7. The second-order valence-corrected chi connectivity index (χ2v) is 10.9. The lowest BCUT2D eigenvalue weighted by atomic mass is 9.39. The second-order valence-electron chi connectivity index (χ2n) is 10.9. The fraction of sp³-hybridized carbons (Fsp3) is 1.00. The van der Waals surface area contributed by atoms with Crippen molar-refractivity contribution in [2.75, 3.05) is 0 Å². The molecule has 0 heterocycles. The van der Waals surface area contributed by atoms with E-state index in [2.05, 4.69) is 13.8 Å². The van der Waals surface area contributed by atoms with Crippen LogP contribution in [0.15, 0.2) is 0 Å². The number of hydrogen-bond donors (Lipinski definition) is 0. The van der Waals surface area contributed by atoms with Gasteiger partial charge in [-0.15, -0.1) is 0 Å². The molecule has 0 aromatic rings. The Hall–Kier alpha value is 0.0649. The summed E-state index contributed by atoms with van der Waals surface area (Å²) in [7, 11) is 1.54. The summed E-state index contributed by atoms with van der Waals surface area (Å²) in [5, 5.41) is 0.607. The zero-order valence-corrected chi connectivity index (χ0v) is 19.9. The van der Waals surface area contributed by atoms with E-state index in [0.717, 1.165) is 11.7 Å². The quantitative estimate of drug-likeness (QED) is 0.420. The molecule has 2 fully saturated rings. The van der Waals surface area contributed by atoms with Crippen LogP contribution in [-0.2, 0) is 0 Å². The van der Waals surface area contributed by atoms with E-state index < -0.39 is 0 Å². The van der Waals surface area contributed by atoms with Gasteiger partial charge < -0.3 is 0 Å². The third-order valence-corrected chi connectivity index (χ3v) is 8.63. The van der Waals surface area contributed by atoms with E-state index in [9.17, 15) is 0 Å². The third kappa shape index (κ3) is 9.71. The molecule has 0 radical (unpaired) electrons. The summed E-state index contributed by atoms with van der Waals surface area (Å²) < 4.78 is 0. The zero-order valence-electron chi connectivity index (χ0n) is 19.9. The van der Waals surface area contributed by atoms with Gasteiger partial charge in [0.05, 0.1) is 0 Å². The van der Waals surface area contributed by atoms with Crippen molar-refractivity contribution in [2.45, 2.75) is 166 Å². The average Bonchev–Trinajstić information content (AvgIpc) is 2.75. The Bertz CT molecular complexity index is 341. The van der Waals surface area contributed by atoms with E-state index in [1.807, 2.05) is 0 Å². The van der Waals surface area contributed by atoms with Crippen LogP contribution < -0.4 is 0 Å². The van der Waals surface area contributed by atoms with Crippen molar-refractivity contribution in [1.29, 1.82) is 0 Å². The van der Waals surface area contributed by atoms with Crippen molar-refractivity contribution in [3.63, 3.8) is 0 Å². The Balaban J connectivity index is 1.94. The largest absolute Gasteiger partial charge is 0.131 e. The van der Waals surface area contributed by atoms with Crippen LogP contribution in [0.2, 0.25) is 11.1 Å². The van der Waals surface area contributed by atoms with E-state index in [1.54, 1.807) is 0 Å². The summed E-state index contributed by atoms with van der Waals surface area (Å²) in [5.74, 6) is 2.01. The Morgan fingerprint density at radius 3 is 1.21 bits per heavy atom. The molecule has 2 saturated carbocycles. The molecule has 28 heavy (non-hydrogen) atoms. The Morgan fingerprint density at radius 1 is 0.536 bits per heavy atom. The maximum absolute atomic E-state index is 2.70. The first-order valence-electron chi connectivity index (χ1n) is 13.7. The maximum Gasteiger partial charge on any atom is 0.131 e. The fourth-order valence-corrected chi connectivity index (χ4v) is 6.39. The number of hydrogen-bond acceptors (Lipinski definition) is 0. The van der Waals surface area contributed by atoms with Gasteiger partial charge in [0.1, 0.15) is 7.28 Å². The lowest BCUT2D eigenvalue weighted by Gasteiger charge is -2.40. The summed E-state index contributed by atoms with van der Waals surface area (Å²) in [5.41, 5.74) is 0. The van der Waals surface area contributed by atoms with Gasteiger partial charge in [0.2, 0.25) is 0 Å². The molecule has 0 saturated heterocycles. The molecule has 2 aliphatic carbocycles. The summed E-state index contributed by atoms with van der Waals surface area (Å²) in [6, 6.07) is 0. The van der Waals surface area contributed by atoms with Gasteiger partial charge in [-0.25, -0.2) is 0 Å². The van der Waals surface area contributed by atoms with Gasteiger partial charge in [0.15, 0.2) is 0 Å². The SMILES string of the molecule is CCC(C)(BC1CCCCCCCCCCC1)C1CCCCCCCCCC1. The molecule has 0 aliphatic heterocycles. The van der Waals surface area contributed by atoms with E-state index >= 15 is 0 Å². The van der Waals surface area contributed by atoms with Crippen molar-refractivity contribution in [2.24, 2.45) is 5.92 Å². The zero-order chi connectivity index (χ0) is 19.9. The van der Waals surface area contributed by atoms with Gasteiger partial charge in [0, 0.05) is 0 Å².